The molecule has 0 aromatic rings. The van der Waals surface area contributed by atoms with Gasteiger partial charge in [0.05, 0.1) is 11.3 Å². The van der Waals surface area contributed by atoms with E-state index in [1.165, 1.54) is 6.92 Å². The van der Waals surface area contributed by atoms with Crippen molar-refractivity contribution in [3.8, 4) is 11.3 Å². The van der Waals surface area contributed by atoms with Crippen LogP contribution in [-0.4, -0.2) is 10.8 Å². The lowest BCUT2D eigenvalue weighted by molar-refractivity contribution is 0.101. The van der Waals surface area contributed by atoms with Crippen LogP contribution in [0.15, 0.2) is 30.3 Å². The summed E-state index contributed by atoms with van der Waals surface area (Å²) in [5, 5.41) is 0.290. The second-order valence-corrected chi connectivity index (χ2v) is 3.40. The highest BCUT2D eigenvalue weighted by molar-refractivity contribution is 6.34. The molecular formula is C11H8ClNO. The number of rotatable bonds is 1. The molecule has 2 nitrogen and oxygen atoms in total. The fraction of sp³-hybridized carbons (Fsp3) is 0.0909. The SMILES string of the molecule is CC(=O)c1c2cccccc-2nc1Cl. The molecule has 1 aliphatic heterocycles. The number of hydrogen-bond donors (Lipinski definition) is 0. The first kappa shape index (κ1) is 9.16. The molecule has 0 unspecified atom stereocenters. The van der Waals surface area contributed by atoms with E-state index in [9.17, 15) is 4.79 Å². The number of ketones is 1. The highest BCUT2D eigenvalue weighted by atomic mass is 35.5. The Labute approximate surface area is 86.9 Å². The van der Waals surface area contributed by atoms with E-state index in [0.717, 1.165) is 11.3 Å². The minimum atomic E-state index is -0.0521. The van der Waals surface area contributed by atoms with Crippen molar-refractivity contribution in [3.63, 3.8) is 0 Å². The van der Waals surface area contributed by atoms with Gasteiger partial charge in [-0.2, -0.15) is 0 Å². The lowest BCUT2D eigenvalue weighted by Crippen LogP contribution is -1.91. The van der Waals surface area contributed by atoms with Crippen molar-refractivity contribution in [2.45, 2.75) is 6.92 Å². The van der Waals surface area contributed by atoms with Crippen LogP contribution in [0.2, 0.25) is 5.15 Å². The van der Waals surface area contributed by atoms with Gasteiger partial charge >= 0.3 is 0 Å². The zero-order valence-corrected chi connectivity index (χ0v) is 8.38. The van der Waals surface area contributed by atoms with Gasteiger partial charge < -0.3 is 0 Å². The van der Waals surface area contributed by atoms with Crippen molar-refractivity contribution in [1.29, 1.82) is 0 Å². The van der Waals surface area contributed by atoms with Gasteiger partial charge in [0, 0.05) is 5.56 Å². The molecule has 0 fully saturated rings. The van der Waals surface area contributed by atoms with Gasteiger partial charge in [-0.1, -0.05) is 35.9 Å². The van der Waals surface area contributed by atoms with Crippen LogP contribution in [0.25, 0.3) is 11.3 Å². The highest BCUT2D eigenvalue weighted by Crippen LogP contribution is 2.30. The summed E-state index contributed by atoms with van der Waals surface area (Å²) in [5.74, 6) is -0.0521. The molecule has 2 rings (SSSR count). The highest BCUT2D eigenvalue weighted by Gasteiger charge is 2.18. The van der Waals surface area contributed by atoms with Crippen LogP contribution < -0.4 is 0 Å². The number of carbonyl (C=O) groups excluding carboxylic acids is 1. The van der Waals surface area contributed by atoms with Gasteiger partial charge in [-0.05, 0) is 13.0 Å². The van der Waals surface area contributed by atoms with E-state index >= 15 is 0 Å². The summed E-state index contributed by atoms with van der Waals surface area (Å²) in [6, 6.07) is 9.32. The smallest absolute Gasteiger partial charge is 0.163 e. The van der Waals surface area contributed by atoms with E-state index in [-0.39, 0.29) is 5.78 Å². The number of nitrogens with zero attached hydrogens (tertiary/aromatic N) is 1. The van der Waals surface area contributed by atoms with E-state index < -0.39 is 0 Å². The molecule has 3 heteroatoms. The maximum Gasteiger partial charge on any atom is 0.163 e. The first-order valence-corrected chi connectivity index (χ1v) is 4.63. The Morgan fingerprint density at radius 2 is 2.00 bits per heavy atom. The Bertz CT molecular complexity index is 467. The Balaban J connectivity index is 2.77. The molecule has 14 heavy (non-hydrogen) atoms. The summed E-state index contributed by atoms with van der Waals surface area (Å²) in [6.45, 7) is 1.50. The predicted octanol–water partition coefficient (Wildman–Crippen LogP) is 3.04. The lowest BCUT2D eigenvalue weighted by Gasteiger charge is -1.93. The summed E-state index contributed by atoms with van der Waals surface area (Å²) in [7, 11) is 0. The van der Waals surface area contributed by atoms with Gasteiger partial charge in [-0.15, -0.1) is 0 Å². The minimum absolute atomic E-state index is 0.0521. The largest absolute Gasteiger partial charge is 0.294 e. The summed E-state index contributed by atoms with van der Waals surface area (Å²) in [4.78, 5) is 15.4. The van der Waals surface area contributed by atoms with Gasteiger partial charge in [0.15, 0.2) is 5.78 Å². The van der Waals surface area contributed by atoms with E-state index in [0.29, 0.717) is 10.7 Å². The molecule has 0 amide bonds. The molecule has 1 heterocycles. The second-order valence-electron chi connectivity index (χ2n) is 3.04. The molecular weight excluding hydrogens is 198 g/mol. The van der Waals surface area contributed by atoms with Crippen molar-refractivity contribution in [2.24, 2.45) is 0 Å². The Kier molecular flexibility index (Phi) is 2.22. The molecule has 0 saturated carbocycles. The van der Waals surface area contributed by atoms with Crippen molar-refractivity contribution < 1.29 is 4.79 Å². The standard InChI is InChI=1S/C11H8ClNO/c1-7(14)10-8-5-3-2-4-6-9(8)13-11(10)12/h2-6H,1H3. The van der Waals surface area contributed by atoms with E-state index in [2.05, 4.69) is 4.98 Å². The quantitative estimate of drug-likeness (QED) is 0.670. The number of Topliss-reactive ketones (excluding diaryl/α,β-unsaturated/α-hetero) is 1. The number of fused-ring (bicyclic) bond motifs is 1. The van der Waals surface area contributed by atoms with Gasteiger partial charge in [0.2, 0.25) is 0 Å². The van der Waals surface area contributed by atoms with Crippen LogP contribution in [0.3, 0.4) is 0 Å². The minimum Gasteiger partial charge on any atom is -0.294 e. The predicted molar refractivity (Wildman–Crippen MR) is 55.9 cm³/mol. The van der Waals surface area contributed by atoms with Crippen LogP contribution in [0.1, 0.15) is 17.3 Å². The zero-order valence-electron chi connectivity index (χ0n) is 7.62. The number of halogens is 1. The van der Waals surface area contributed by atoms with Crippen LogP contribution >= 0.6 is 11.6 Å². The molecule has 0 aromatic carbocycles. The molecule has 0 bridgehead atoms. The van der Waals surface area contributed by atoms with Crippen LogP contribution in [0.5, 0.6) is 0 Å². The summed E-state index contributed by atoms with van der Waals surface area (Å²) in [5.41, 5.74) is 2.08. The maximum atomic E-state index is 11.3. The zero-order chi connectivity index (χ0) is 10.1. The third-order valence-corrected chi connectivity index (χ3v) is 2.33. The average Bonchev–Trinajstić information content (AvgIpc) is 2.31. The number of carbonyl (C=O) groups is 1. The number of aromatic nitrogens is 1. The second kappa shape index (κ2) is 3.39. The van der Waals surface area contributed by atoms with Crippen LogP contribution in [0.4, 0.5) is 0 Å². The summed E-state index contributed by atoms with van der Waals surface area (Å²) < 4.78 is 0. The van der Waals surface area contributed by atoms with Crippen LogP contribution in [-0.2, 0) is 0 Å². The maximum absolute atomic E-state index is 11.3. The van der Waals surface area contributed by atoms with Crippen LogP contribution in [0, 0.1) is 0 Å². The normalized spacial score (nSPS) is 10.4. The molecule has 0 saturated heterocycles. The van der Waals surface area contributed by atoms with Crippen molar-refractivity contribution in [2.75, 3.05) is 0 Å². The van der Waals surface area contributed by atoms with Crippen molar-refractivity contribution in [1.82, 2.24) is 4.98 Å². The number of hydrogen-bond acceptors (Lipinski definition) is 2. The summed E-state index contributed by atoms with van der Waals surface area (Å²) >= 11 is 5.87. The van der Waals surface area contributed by atoms with E-state index in [4.69, 9.17) is 11.6 Å². The van der Waals surface area contributed by atoms with E-state index in [1.54, 1.807) is 0 Å². The fourth-order valence-corrected chi connectivity index (χ4v) is 1.78. The van der Waals surface area contributed by atoms with Gasteiger partial charge in [0.25, 0.3) is 0 Å². The Hall–Kier alpha value is -1.41. The van der Waals surface area contributed by atoms with Gasteiger partial charge in [-0.3, -0.25) is 4.79 Å². The third-order valence-electron chi connectivity index (χ3n) is 2.06. The topological polar surface area (TPSA) is 30.0 Å². The first-order chi connectivity index (χ1) is 6.70. The monoisotopic (exact) mass is 205 g/mol. The molecule has 0 aromatic heterocycles. The fourth-order valence-electron chi connectivity index (χ4n) is 1.45. The first-order valence-electron chi connectivity index (χ1n) is 4.25. The Morgan fingerprint density at radius 1 is 1.29 bits per heavy atom. The van der Waals surface area contributed by atoms with Gasteiger partial charge in [-0.25, -0.2) is 4.98 Å². The van der Waals surface area contributed by atoms with Gasteiger partial charge in [0.1, 0.15) is 5.15 Å². The molecule has 0 atom stereocenters. The summed E-state index contributed by atoms with van der Waals surface area (Å²) in [6.07, 6.45) is 0. The molecule has 1 aliphatic carbocycles. The molecule has 2 aliphatic rings. The Morgan fingerprint density at radius 3 is 2.71 bits per heavy atom. The van der Waals surface area contributed by atoms with E-state index in [1.807, 2.05) is 30.3 Å². The van der Waals surface area contributed by atoms with Crippen molar-refractivity contribution in [3.05, 3.63) is 41.0 Å². The third kappa shape index (κ3) is 1.38. The molecule has 0 N–H and O–H groups in total. The molecule has 0 spiro atoms. The molecule has 0 radical (unpaired) electrons. The van der Waals surface area contributed by atoms with Crippen molar-refractivity contribution >= 4 is 17.4 Å². The average molecular weight is 206 g/mol. The molecule has 70 valence electrons. The lowest BCUT2D eigenvalue weighted by atomic mass is 10.1.